The van der Waals surface area contributed by atoms with Crippen LogP contribution in [0.15, 0.2) is 0 Å². The van der Waals surface area contributed by atoms with Crippen molar-refractivity contribution in [2.45, 2.75) is 18.6 Å². The predicted octanol–water partition coefficient (Wildman–Crippen LogP) is -1.32. The molecule has 0 bridgehead atoms. The molecule has 0 amide bonds. The number of rotatable bonds is 1. The van der Waals surface area contributed by atoms with Gasteiger partial charge >= 0.3 is 0 Å². The first kappa shape index (κ1) is 6.01. The van der Waals surface area contributed by atoms with E-state index in [4.69, 9.17) is 10.8 Å². The summed E-state index contributed by atoms with van der Waals surface area (Å²) in [4.78, 5) is 0. The molecule has 0 aromatic heterocycles. The van der Waals surface area contributed by atoms with Gasteiger partial charge in [0, 0.05) is 19.1 Å². The fourth-order valence-electron chi connectivity index (χ4n) is 0.905. The van der Waals surface area contributed by atoms with Gasteiger partial charge in [-0.3, -0.25) is 0 Å². The van der Waals surface area contributed by atoms with Gasteiger partial charge in [-0.05, 0) is 6.42 Å². The lowest BCUT2D eigenvalue weighted by Crippen LogP contribution is -2.24. The highest BCUT2D eigenvalue weighted by atomic mass is 16.3. The van der Waals surface area contributed by atoms with Gasteiger partial charge in [0.1, 0.15) is 0 Å². The van der Waals surface area contributed by atoms with Crippen molar-refractivity contribution >= 4 is 0 Å². The molecule has 1 fully saturated rings. The topological polar surface area (TPSA) is 60.4 Å². The standard InChI is InChI=1S/C5H11N2O/c6-2-4-1-5(8)3-7-4/h4-5,8H,1-3,6H2/t4-,5+/m0/s1. The van der Waals surface area contributed by atoms with Crippen molar-refractivity contribution in [1.82, 2.24) is 5.32 Å². The zero-order valence-corrected chi connectivity index (χ0v) is 4.75. The molecular weight excluding hydrogens is 104 g/mol. The third kappa shape index (κ3) is 1.18. The van der Waals surface area contributed by atoms with Gasteiger partial charge < -0.3 is 10.8 Å². The van der Waals surface area contributed by atoms with Crippen molar-refractivity contribution in [3.05, 3.63) is 0 Å². The van der Waals surface area contributed by atoms with E-state index in [-0.39, 0.29) is 12.1 Å². The van der Waals surface area contributed by atoms with E-state index < -0.39 is 0 Å². The van der Waals surface area contributed by atoms with Crippen molar-refractivity contribution in [3.8, 4) is 0 Å². The quantitative estimate of drug-likeness (QED) is 0.445. The van der Waals surface area contributed by atoms with Crippen molar-refractivity contribution in [3.63, 3.8) is 0 Å². The van der Waals surface area contributed by atoms with Crippen LogP contribution in [0, 0.1) is 0 Å². The first-order valence-electron chi connectivity index (χ1n) is 2.87. The summed E-state index contributed by atoms with van der Waals surface area (Å²) in [7, 11) is 0. The molecule has 0 aromatic rings. The average Bonchev–Trinajstić information content (AvgIpc) is 2.14. The van der Waals surface area contributed by atoms with Gasteiger partial charge in [-0.15, -0.1) is 0 Å². The highest BCUT2D eigenvalue weighted by Crippen LogP contribution is 2.05. The summed E-state index contributed by atoms with van der Waals surface area (Å²) >= 11 is 0. The second kappa shape index (κ2) is 2.44. The van der Waals surface area contributed by atoms with Gasteiger partial charge in [-0.25, -0.2) is 5.32 Å². The average molecular weight is 115 g/mol. The number of aliphatic hydroxyl groups excluding tert-OH is 1. The molecule has 1 radical (unpaired) electrons. The Morgan fingerprint density at radius 2 is 2.50 bits per heavy atom. The third-order valence-electron chi connectivity index (χ3n) is 1.39. The fraction of sp³-hybridized carbons (Fsp3) is 1.00. The minimum Gasteiger partial charge on any atom is -0.392 e. The van der Waals surface area contributed by atoms with Crippen molar-refractivity contribution < 1.29 is 5.11 Å². The molecule has 1 heterocycles. The minimum atomic E-state index is -0.219. The molecule has 0 aromatic carbocycles. The van der Waals surface area contributed by atoms with Crippen LogP contribution in [0.1, 0.15) is 6.42 Å². The van der Waals surface area contributed by atoms with E-state index in [1.54, 1.807) is 0 Å². The van der Waals surface area contributed by atoms with Crippen LogP contribution in [-0.4, -0.2) is 30.3 Å². The summed E-state index contributed by atoms with van der Waals surface area (Å²) in [6, 6.07) is 0.227. The Labute approximate surface area is 48.9 Å². The molecule has 8 heavy (non-hydrogen) atoms. The summed E-state index contributed by atoms with van der Waals surface area (Å²) in [5.41, 5.74) is 5.29. The zero-order chi connectivity index (χ0) is 5.98. The summed E-state index contributed by atoms with van der Waals surface area (Å²) in [5, 5.41) is 12.9. The molecule has 47 valence electrons. The van der Waals surface area contributed by atoms with Crippen LogP contribution in [0.4, 0.5) is 0 Å². The number of aliphatic hydroxyl groups is 1. The molecule has 3 heteroatoms. The van der Waals surface area contributed by atoms with E-state index in [0.29, 0.717) is 13.1 Å². The molecule has 1 rings (SSSR count). The van der Waals surface area contributed by atoms with Gasteiger partial charge in [0.05, 0.1) is 6.10 Å². The van der Waals surface area contributed by atoms with E-state index >= 15 is 0 Å². The second-order valence-corrected chi connectivity index (χ2v) is 2.14. The molecule has 1 saturated heterocycles. The molecule has 0 aliphatic carbocycles. The Bertz CT molecular complexity index is 76.8. The van der Waals surface area contributed by atoms with Crippen LogP contribution < -0.4 is 11.1 Å². The summed E-state index contributed by atoms with van der Waals surface area (Å²) in [6.45, 7) is 1.17. The smallest absolute Gasteiger partial charge is 0.0697 e. The largest absolute Gasteiger partial charge is 0.392 e. The van der Waals surface area contributed by atoms with E-state index in [0.717, 1.165) is 6.42 Å². The predicted molar refractivity (Wildman–Crippen MR) is 30.5 cm³/mol. The van der Waals surface area contributed by atoms with Gasteiger partial charge in [-0.1, -0.05) is 0 Å². The molecule has 0 spiro atoms. The lowest BCUT2D eigenvalue weighted by molar-refractivity contribution is 0.193. The molecule has 1 aliphatic rings. The van der Waals surface area contributed by atoms with Crippen LogP contribution in [0.25, 0.3) is 0 Å². The number of hydrogen-bond donors (Lipinski definition) is 2. The van der Waals surface area contributed by atoms with Gasteiger partial charge in [0.25, 0.3) is 0 Å². The summed E-state index contributed by atoms with van der Waals surface area (Å²) in [5.74, 6) is 0. The third-order valence-corrected chi connectivity index (χ3v) is 1.39. The first-order chi connectivity index (χ1) is 3.83. The van der Waals surface area contributed by atoms with Crippen molar-refractivity contribution in [2.75, 3.05) is 13.1 Å². The Morgan fingerprint density at radius 3 is 2.75 bits per heavy atom. The molecule has 3 nitrogen and oxygen atoms in total. The molecule has 3 N–H and O–H groups in total. The maximum absolute atomic E-state index is 8.88. The van der Waals surface area contributed by atoms with E-state index in [1.807, 2.05) is 0 Å². The van der Waals surface area contributed by atoms with E-state index in [9.17, 15) is 0 Å². The van der Waals surface area contributed by atoms with Gasteiger partial charge in [0.2, 0.25) is 0 Å². The Morgan fingerprint density at radius 1 is 1.75 bits per heavy atom. The van der Waals surface area contributed by atoms with Crippen LogP contribution in [0.5, 0.6) is 0 Å². The SMILES string of the molecule is NC[C@@H]1C[C@@H](O)C[N]1. The van der Waals surface area contributed by atoms with Crippen LogP contribution >= 0.6 is 0 Å². The highest BCUT2D eigenvalue weighted by molar-refractivity contribution is 4.80. The molecule has 2 atom stereocenters. The zero-order valence-electron chi connectivity index (χ0n) is 4.75. The Hall–Kier alpha value is -0.120. The summed E-state index contributed by atoms with van der Waals surface area (Å²) < 4.78 is 0. The van der Waals surface area contributed by atoms with E-state index in [2.05, 4.69) is 5.32 Å². The lowest BCUT2D eigenvalue weighted by atomic mass is 10.2. The molecule has 1 aliphatic heterocycles. The molecule has 0 saturated carbocycles. The maximum atomic E-state index is 8.88. The molecule has 0 unspecified atom stereocenters. The minimum absolute atomic E-state index is 0.219. The van der Waals surface area contributed by atoms with Gasteiger partial charge in [-0.2, -0.15) is 0 Å². The van der Waals surface area contributed by atoms with Crippen LogP contribution in [0.3, 0.4) is 0 Å². The van der Waals surface area contributed by atoms with E-state index in [1.165, 1.54) is 0 Å². The number of hydrogen-bond acceptors (Lipinski definition) is 2. The Balaban J connectivity index is 2.22. The molecular formula is C5H11N2O. The Kier molecular flexibility index (Phi) is 1.83. The fourth-order valence-corrected chi connectivity index (χ4v) is 0.905. The van der Waals surface area contributed by atoms with Crippen LogP contribution in [0.2, 0.25) is 0 Å². The number of nitrogens with two attached hydrogens (primary N) is 1. The monoisotopic (exact) mass is 115 g/mol. The van der Waals surface area contributed by atoms with Crippen molar-refractivity contribution in [1.29, 1.82) is 0 Å². The van der Waals surface area contributed by atoms with Gasteiger partial charge in [0.15, 0.2) is 0 Å². The number of nitrogens with zero attached hydrogens (tertiary/aromatic N) is 1. The normalized spacial score (nSPS) is 38.2. The maximum Gasteiger partial charge on any atom is 0.0697 e. The summed E-state index contributed by atoms with van der Waals surface area (Å²) in [6.07, 6.45) is 0.541. The van der Waals surface area contributed by atoms with Crippen molar-refractivity contribution in [2.24, 2.45) is 5.73 Å². The second-order valence-electron chi connectivity index (χ2n) is 2.14. The van der Waals surface area contributed by atoms with Crippen LogP contribution in [-0.2, 0) is 0 Å². The lowest BCUT2D eigenvalue weighted by Gasteiger charge is -2.00. The highest BCUT2D eigenvalue weighted by Gasteiger charge is 2.21. The first-order valence-corrected chi connectivity index (χ1v) is 2.87.